The second-order valence-corrected chi connectivity index (χ2v) is 5.45. The lowest BCUT2D eigenvalue weighted by Gasteiger charge is -2.32. The van der Waals surface area contributed by atoms with E-state index in [1.165, 1.54) is 0 Å². The van der Waals surface area contributed by atoms with Crippen LogP contribution < -0.4 is 15.0 Å². The fourth-order valence-corrected chi connectivity index (χ4v) is 2.49. The van der Waals surface area contributed by atoms with Crippen molar-refractivity contribution in [1.82, 2.24) is 10.2 Å². The number of nitrogens with zero attached hydrogens (tertiary/aromatic N) is 2. The van der Waals surface area contributed by atoms with Crippen LogP contribution in [0.5, 0.6) is 5.75 Å². The molecule has 2 aromatic rings. The molecule has 2 amide bonds. The summed E-state index contributed by atoms with van der Waals surface area (Å²) in [5, 5.41) is 9.42. The van der Waals surface area contributed by atoms with Gasteiger partial charge in [0.2, 0.25) is 5.91 Å². The molecule has 1 aliphatic heterocycles. The number of benzene rings is 1. The molecule has 1 aromatic carbocycles. The van der Waals surface area contributed by atoms with Crippen molar-refractivity contribution in [2.45, 2.75) is 26.4 Å². The lowest BCUT2D eigenvalue weighted by molar-refractivity contribution is -0.125. The molecule has 7 nitrogen and oxygen atoms in total. The van der Waals surface area contributed by atoms with Gasteiger partial charge in [0.1, 0.15) is 5.75 Å². The third-order valence-corrected chi connectivity index (χ3v) is 3.61. The first kappa shape index (κ1) is 15.1. The number of hydrogen-bond acceptors (Lipinski definition) is 4. The summed E-state index contributed by atoms with van der Waals surface area (Å²) in [4.78, 5) is 25.9. The number of aryl methyl sites for hydroxylation is 1. The average Bonchev–Trinajstić information content (AvgIpc) is 2.93. The van der Waals surface area contributed by atoms with Crippen molar-refractivity contribution in [2.24, 2.45) is 0 Å². The average molecular weight is 314 g/mol. The number of anilines is 2. The van der Waals surface area contributed by atoms with E-state index in [0.717, 1.165) is 5.69 Å². The Balaban J connectivity index is 1.67. The fraction of sp³-hybridized carbons (Fsp3) is 0.312. The predicted molar refractivity (Wildman–Crippen MR) is 85.5 cm³/mol. The number of carbonyl (C=O) groups is 2. The Labute approximate surface area is 133 Å². The number of para-hydroxylation sites is 2. The van der Waals surface area contributed by atoms with Gasteiger partial charge in [-0.25, -0.2) is 0 Å². The van der Waals surface area contributed by atoms with Gasteiger partial charge in [-0.15, -0.1) is 0 Å². The minimum atomic E-state index is -0.554. The molecule has 1 aliphatic rings. The molecule has 1 unspecified atom stereocenters. The van der Waals surface area contributed by atoms with E-state index >= 15 is 0 Å². The van der Waals surface area contributed by atoms with E-state index in [-0.39, 0.29) is 18.2 Å². The van der Waals surface area contributed by atoms with Gasteiger partial charge in [0, 0.05) is 24.7 Å². The molecule has 2 N–H and O–H groups in total. The highest BCUT2D eigenvalue weighted by Crippen LogP contribution is 2.33. The summed E-state index contributed by atoms with van der Waals surface area (Å²) in [7, 11) is 0. The van der Waals surface area contributed by atoms with Crippen molar-refractivity contribution in [3.8, 4) is 5.75 Å². The molecular weight excluding hydrogens is 296 g/mol. The van der Waals surface area contributed by atoms with Crippen molar-refractivity contribution in [3.05, 3.63) is 36.0 Å². The van der Waals surface area contributed by atoms with Gasteiger partial charge < -0.3 is 15.0 Å². The second-order valence-electron chi connectivity index (χ2n) is 5.45. The van der Waals surface area contributed by atoms with Crippen molar-refractivity contribution >= 4 is 23.3 Å². The molecule has 3 rings (SSSR count). The smallest absolute Gasteiger partial charge is 0.267 e. The molecular formula is C16H18N4O3. The molecule has 1 atom stereocenters. The lowest BCUT2D eigenvalue weighted by atomic mass is 10.1. The van der Waals surface area contributed by atoms with E-state index in [9.17, 15) is 9.59 Å². The summed E-state index contributed by atoms with van der Waals surface area (Å²) in [5.41, 5.74) is 1.56. The molecule has 0 spiro atoms. The Bertz CT molecular complexity index is 740. The summed E-state index contributed by atoms with van der Waals surface area (Å²) in [5.74, 6) is 0.797. The van der Waals surface area contributed by atoms with Crippen LogP contribution >= 0.6 is 0 Å². The number of rotatable bonds is 4. The highest BCUT2D eigenvalue weighted by Gasteiger charge is 2.31. The first-order chi connectivity index (χ1) is 11.0. The number of nitrogens with one attached hydrogen (secondary N) is 2. The first-order valence-corrected chi connectivity index (χ1v) is 7.43. The van der Waals surface area contributed by atoms with Gasteiger partial charge in [-0.05, 0) is 26.0 Å². The normalized spacial score (nSPS) is 16.7. The SMILES string of the molecule is Cc1cc(NC(=O)CCN2C(=O)C(C)Oc3ccccc32)n[nH]1. The fourth-order valence-electron chi connectivity index (χ4n) is 2.49. The summed E-state index contributed by atoms with van der Waals surface area (Å²) in [6.07, 6.45) is -0.374. The predicted octanol–water partition coefficient (Wildman–Crippen LogP) is 1.86. The van der Waals surface area contributed by atoms with Crippen LogP contribution in [0.15, 0.2) is 30.3 Å². The highest BCUT2D eigenvalue weighted by molar-refractivity contribution is 6.00. The summed E-state index contributed by atoms with van der Waals surface area (Å²) in [6.45, 7) is 3.85. The zero-order chi connectivity index (χ0) is 16.4. The number of H-pyrrole nitrogens is 1. The van der Waals surface area contributed by atoms with Crippen LogP contribution in [0.1, 0.15) is 19.0 Å². The lowest BCUT2D eigenvalue weighted by Crippen LogP contribution is -2.45. The van der Waals surface area contributed by atoms with Gasteiger partial charge >= 0.3 is 0 Å². The maximum absolute atomic E-state index is 12.3. The maximum atomic E-state index is 12.3. The quantitative estimate of drug-likeness (QED) is 0.901. The Morgan fingerprint density at radius 3 is 2.96 bits per heavy atom. The van der Waals surface area contributed by atoms with E-state index < -0.39 is 6.10 Å². The van der Waals surface area contributed by atoms with Gasteiger partial charge in [-0.3, -0.25) is 14.7 Å². The Hall–Kier alpha value is -2.83. The number of carbonyl (C=O) groups excluding carboxylic acids is 2. The number of ether oxygens (including phenoxy) is 1. The number of aromatic nitrogens is 2. The van der Waals surface area contributed by atoms with Crippen LogP contribution in [-0.2, 0) is 9.59 Å². The Kier molecular flexibility index (Phi) is 4.01. The number of hydrogen-bond donors (Lipinski definition) is 2. The molecule has 0 fully saturated rings. The Morgan fingerprint density at radius 1 is 1.43 bits per heavy atom. The summed E-state index contributed by atoms with van der Waals surface area (Å²) >= 11 is 0. The van der Waals surface area contributed by atoms with Crippen LogP contribution in [0, 0.1) is 6.92 Å². The van der Waals surface area contributed by atoms with Gasteiger partial charge in [-0.1, -0.05) is 12.1 Å². The van der Waals surface area contributed by atoms with Crippen molar-refractivity contribution in [2.75, 3.05) is 16.8 Å². The second kappa shape index (κ2) is 6.12. The van der Waals surface area contributed by atoms with E-state index in [4.69, 9.17) is 4.74 Å². The zero-order valence-corrected chi connectivity index (χ0v) is 13.0. The zero-order valence-electron chi connectivity index (χ0n) is 13.0. The third kappa shape index (κ3) is 3.18. The van der Waals surface area contributed by atoms with Crippen LogP contribution in [0.4, 0.5) is 11.5 Å². The van der Waals surface area contributed by atoms with E-state index in [1.54, 1.807) is 17.9 Å². The van der Waals surface area contributed by atoms with Crippen LogP contribution in [0.2, 0.25) is 0 Å². The Morgan fingerprint density at radius 2 is 2.22 bits per heavy atom. The molecule has 0 saturated heterocycles. The topological polar surface area (TPSA) is 87.3 Å². The van der Waals surface area contributed by atoms with Gasteiger partial charge in [0.05, 0.1) is 5.69 Å². The van der Waals surface area contributed by atoms with Crippen LogP contribution in [0.3, 0.4) is 0 Å². The van der Waals surface area contributed by atoms with Gasteiger partial charge in [0.25, 0.3) is 5.91 Å². The van der Waals surface area contributed by atoms with Gasteiger partial charge in [-0.2, -0.15) is 5.10 Å². The molecule has 0 aliphatic carbocycles. The first-order valence-electron chi connectivity index (χ1n) is 7.43. The van der Waals surface area contributed by atoms with Crippen molar-refractivity contribution < 1.29 is 14.3 Å². The largest absolute Gasteiger partial charge is 0.479 e. The van der Waals surface area contributed by atoms with Crippen LogP contribution in [0.25, 0.3) is 0 Å². The third-order valence-electron chi connectivity index (χ3n) is 3.61. The van der Waals surface area contributed by atoms with Gasteiger partial charge in [0.15, 0.2) is 11.9 Å². The van der Waals surface area contributed by atoms with Crippen LogP contribution in [-0.4, -0.2) is 34.7 Å². The number of fused-ring (bicyclic) bond motifs is 1. The molecule has 23 heavy (non-hydrogen) atoms. The minimum Gasteiger partial charge on any atom is -0.479 e. The molecule has 0 saturated carbocycles. The van der Waals surface area contributed by atoms with E-state index in [1.807, 2.05) is 31.2 Å². The highest BCUT2D eigenvalue weighted by atomic mass is 16.5. The van der Waals surface area contributed by atoms with Crippen molar-refractivity contribution in [3.63, 3.8) is 0 Å². The molecule has 120 valence electrons. The number of aromatic amines is 1. The standard InChI is InChI=1S/C16H18N4O3/c1-10-9-14(19-18-10)17-15(21)7-8-20-12-5-3-4-6-13(12)23-11(2)16(20)22/h3-6,9,11H,7-8H2,1-2H3,(H2,17,18,19,21). The molecule has 0 bridgehead atoms. The van der Waals surface area contributed by atoms with E-state index in [0.29, 0.717) is 23.8 Å². The molecule has 2 heterocycles. The molecule has 1 aromatic heterocycles. The monoisotopic (exact) mass is 314 g/mol. The maximum Gasteiger partial charge on any atom is 0.267 e. The van der Waals surface area contributed by atoms with E-state index in [2.05, 4.69) is 15.5 Å². The summed E-state index contributed by atoms with van der Waals surface area (Å²) in [6, 6.07) is 9.07. The minimum absolute atomic E-state index is 0.146. The molecule has 0 radical (unpaired) electrons. The number of amides is 2. The van der Waals surface area contributed by atoms with Crippen molar-refractivity contribution in [1.29, 1.82) is 0 Å². The summed E-state index contributed by atoms with van der Waals surface area (Å²) < 4.78 is 5.57. The molecule has 7 heteroatoms.